The quantitative estimate of drug-likeness (QED) is 0.891. The van der Waals surface area contributed by atoms with E-state index in [1.807, 2.05) is 13.0 Å². The summed E-state index contributed by atoms with van der Waals surface area (Å²) in [6, 6.07) is 2.39. The summed E-state index contributed by atoms with van der Waals surface area (Å²) in [7, 11) is 0. The van der Waals surface area contributed by atoms with Crippen LogP contribution in [0.5, 0.6) is 0 Å². The first kappa shape index (κ1) is 15.1. The summed E-state index contributed by atoms with van der Waals surface area (Å²) in [5.41, 5.74) is 3.11. The molecule has 0 spiro atoms. The highest BCUT2D eigenvalue weighted by Crippen LogP contribution is 2.27. The molecule has 0 atom stereocenters. The van der Waals surface area contributed by atoms with E-state index >= 15 is 0 Å². The van der Waals surface area contributed by atoms with Crippen molar-refractivity contribution in [3.63, 3.8) is 0 Å². The molecule has 1 aliphatic carbocycles. The van der Waals surface area contributed by atoms with Crippen LogP contribution in [0.2, 0.25) is 0 Å². The lowest BCUT2D eigenvalue weighted by Gasteiger charge is -2.28. The lowest BCUT2D eigenvalue weighted by Crippen LogP contribution is -2.37. The van der Waals surface area contributed by atoms with Crippen LogP contribution in [0.25, 0.3) is 0 Å². The molecule has 0 aliphatic heterocycles. The molecule has 0 aromatic carbocycles. The van der Waals surface area contributed by atoms with Gasteiger partial charge in [-0.2, -0.15) is 0 Å². The van der Waals surface area contributed by atoms with Gasteiger partial charge in [0.1, 0.15) is 0 Å². The van der Waals surface area contributed by atoms with Crippen molar-refractivity contribution in [2.24, 2.45) is 5.92 Å². The summed E-state index contributed by atoms with van der Waals surface area (Å²) in [4.78, 5) is 12.4. The van der Waals surface area contributed by atoms with E-state index in [0.29, 0.717) is 6.04 Å². The fourth-order valence-corrected chi connectivity index (χ4v) is 3.50. The molecule has 1 aromatic heterocycles. The van der Waals surface area contributed by atoms with Gasteiger partial charge in [-0.15, -0.1) is 0 Å². The zero-order valence-electron chi connectivity index (χ0n) is 13.3. The maximum Gasteiger partial charge on any atom is 0.253 e. The van der Waals surface area contributed by atoms with Gasteiger partial charge >= 0.3 is 0 Å². The summed E-state index contributed by atoms with van der Waals surface area (Å²) in [5, 5.41) is 3.23. The van der Waals surface area contributed by atoms with Gasteiger partial charge in [-0.3, -0.25) is 4.79 Å². The molecule has 1 heterocycles. The van der Waals surface area contributed by atoms with Gasteiger partial charge in [-0.05, 0) is 58.4 Å². The smallest absolute Gasteiger partial charge is 0.253 e. The highest BCUT2D eigenvalue weighted by atomic mass is 16.1. The third-order valence-electron chi connectivity index (χ3n) is 4.89. The number of rotatable bonds is 4. The molecule has 112 valence electrons. The lowest BCUT2D eigenvalue weighted by atomic mass is 9.84. The Kier molecular flexibility index (Phi) is 4.90. The monoisotopic (exact) mass is 276 g/mol. The van der Waals surface area contributed by atoms with Crippen molar-refractivity contribution in [1.29, 1.82) is 0 Å². The number of aryl methyl sites for hydroxylation is 1. The number of nitrogens with one attached hydrogen (secondary N) is 1. The first-order valence-corrected chi connectivity index (χ1v) is 8.04. The Bertz CT molecular complexity index is 468. The minimum atomic E-state index is 0.109. The SMILES string of the molecule is CCC1CCC(NC(=O)c2cc(C)n(CC)c2C)CC1. The molecule has 0 radical (unpaired) electrons. The van der Waals surface area contributed by atoms with Gasteiger partial charge in [0.25, 0.3) is 5.91 Å². The highest BCUT2D eigenvalue weighted by molar-refractivity contribution is 5.95. The molecule has 1 fully saturated rings. The Morgan fingerprint density at radius 3 is 2.40 bits per heavy atom. The van der Waals surface area contributed by atoms with Crippen LogP contribution < -0.4 is 5.32 Å². The van der Waals surface area contributed by atoms with E-state index in [1.165, 1.54) is 25.0 Å². The molecule has 1 saturated carbocycles. The number of nitrogens with zero attached hydrogens (tertiary/aromatic N) is 1. The van der Waals surface area contributed by atoms with Crippen LogP contribution in [0.3, 0.4) is 0 Å². The third-order valence-corrected chi connectivity index (χ3v) is 4.89. The van der Waals surface area contributed by atoms with Crippen LogP contribution >= 0.6 is 0 Å². The number of carbonyl (C=O) groups excluding carboxylic acids is 1. The molecule has 0 saturated heterocycles. The normalized spacial score (nSPS) is 22.8. The van der Waals surface area contributed by atoms with Gasteiger partial charge in [0, 0.05) is 24.0 Å². The van der Waals surface area contributed by atoms with Crippen molar-refractivity contribution in [3.05, 3.63) is 23.0 Å². The molecule has 1 amide bonds. The Morgan fingerprint density at radius 2 is 1.90 bits per heavy atom. The second-order valence-electron chi connectivity index (χ2n) is 6.13. The maximum atomic E-state index is 12.4. The number of aromatic nitrogens is 1. The van der Waals surface area contributed by atoms with Crippen LogP contribution in [-0.4, -0.2) is 16.5 Å². The van der Waals surface area contributed by atoms with Gasteiger partial charge in [0.2, 0.25) is 0 Å². The van der Waals surface area contributed by atoms with Gasteiger partial charge in [-0.25, -0.2) is 0 Å². The molecule has 0 unspecified atom stereocenters. The number of carbonyl (C=O) groups is 1. The Labute approximate surface area is 122 Å². The number of hydrogen-bond donors (Lipinski definition) is 1. The molecule has 1 aromatic rings. The fraction of sp³-hybridized carbons (Fsp3) is 0.706. The second-order valence-corrected chi connectivity index (χ2v) is 6.13. The molecule has 1 aliphatic rings. The van der Waals surface area contributed by atoms with Crippen molar-refractivity contribution in [2.75, 3.05) is 0 Å². The van der Waals surface area contributed by atoms with E-state index < -0.39 is 0 Å². The second kappa shape index (κ2) is 6.47. The standard InChI is InChI=1S/C17H28N2O/c1-5-14-7-9-15(10-8-14)18-17(20)16-11-12(3)19(6-2)13(16)4/h11,14-15H,5-10H2,1-4H3,(H,18,20). The predicted octanol–water partition coefficient (Wildman–Crippen LogP) is 3.82. The van der Waals surface area contributed by atoms with Crippen molar-refractivity contribution < 1.29 is 4.79 Å². The van der Waals surface area contributed by atoms with Crippen molar-refractivity contribution in [2.45, 2.75) is 72.4 Å². The average Bonchev–Trinajstić information content (AvgIpc) is 2.74. The largest absolute Gasteiger partial charge is 0.349 e. The van der Waals surface area contributed by atoms with E-state index in [0.717, 1.165) is 36.6 Å². The summed E-state index contributed by atoms with van der Waals surface area (Å²) < 4.78 is 2.20. The van der Waals surface area contributed by atoms with Crippen LogP contribution in [0.15, 0.2) is 6.07 Å². The molecule has 3 heteroatoms. The summed E-state index contributed by atoms with van der Waals surface area (Å²) in [6.45, 7) is 9.42. The van der Waals surface area contributed by atoms with Crippen LogP contribution in [0.4, 0.5) is 0 Å². The minimum Gasteiger partial charge on any atom is -0.349 e. The predicted molar refractivity (Wildman–Crippen MR) is 83.1 cm³/mol. The third kappa shape index (κ3) is 3.08. The summed E-state index contributed by atoms with van der Waals surface area (Å²) in [5.74, 6) is 0.978. The maximum absolute atomic E-state index is 12.4. The lowest BCUT2D eigenvalue weighted by molar-refractivity contribution is 0.0921. The molecule has 20 heavy (non-hydrogen) atoms. The first-order valence-electron chi connectivity index (χ1n) is 8.04. The van der Waals surface area contributed by atoms with Gasteiger partial charge in [0.15, 0.2) is 0 Å². The molecular weight excluding hydrogens is 248 g/mol. The zero-order valence-corrected chi connectivity index (χ0v) is 13.3. The van der Waals surface area contributed by atoms with Crippen molar-refractivity contribution >= 4 is 5.91 Å². The van der Waals surface area contributed by atoms with Crippen molar-refractivity contribution in [1.82, 2.24) is 9.88 Å². The zero-order chi connectivity index (χ0) is 14.7. The van der Waals surface area contributed by atoms with E-state index in [1.54, 1.807) is 0 Å². The van der Waals surface area contributed by atoms with Crippen LogP contribution in [-0.2, 0) is 6.54 Å². The molecular formula is C17H28N2O. The number of hydrogen-bond acceptors (Lipinski definition) is 1. The topological polar surface area (TPSA) is 34.0 Å². The van der Waals surface area contributed by atoms with Gasteiger partial charge in [-0.1, -0.05) is 13.3 Å². The Morgan fingerprint density at radius 1 is 1.25 bits per heavy atom. The highest BCUT2D eigenvalue weighted by Gasteiger charge is 2.23. The first-order chi connectivity index (χ1) is 9.56. The Hall–Kier alpha value is -1.25. The van der Waals surface area contributed by atoms with Gasteiger partial charge < -0.3 is 9.88 Å². The molecule has 3 nitrogen and oxygen atoms in total. The minimum absolute atomic E-state index is 0.109. The van der Waals surface area contributed by atoms with E-state index in [2.05, 4.69) is 30.7 Å². The molecule has 0 bridgehead atoms. The molecule has 1 N–H and O–H groups in total. The summed E-state index contributed by atoms with van der Waals surface area (Å²) >= 11 is 0. The summed E-state index contributed by atoms with van der Waals surface area (Å²) in [6.07, 6.45) is 6.07. The van der Waals surface area contributed by atoms with E-state index in [-0.39, 0.29) is 5.91 Å². The average molecular weight is 276 g/mol. The number of amides is 1. The van der Waals surface area contributed by atoms with E-state index in [9.17, 15) is 4.79 Å². The molecule has 2 rings (SSSR count). The Balaban J connectivity index is 1.99. The van der Waals surface area contributed by atoms with Crippen LogP contribution in [0, 0.1) is 19.8 Å². The van der Waals surface area contributed by atoms with Gasteiger partial charge in [0.05, 0.1) is 5.56 Å². The fourth-order valence-electron chi connectivity index (χ4n) is 3.50. The van der Waals surface area contributed by atoms with Crippen molar-refractivity contribution in [3.8, 4) is 0 Å². The van der Waals surface area contributed by atoms with Crippen LogP contribution in [0.1, 0.15) is 67.7 Å². The van der Waals surface area contributed by atoms with E-state index in [4.69, 9.17) is 0 Å².